The van der Waals surface area contributed by atoms with Crippen molar-refractivity contribution in [2.24, 2.45) is 5.92 Å². The van der Waals surface area contributed by atoms with Crippen molar-refractivity contribution in [3.8, 4) is 0 Å². The first-order valence-corrected chi connectivity index (χ1v) is 11.1. The van der Waals surface area contributed by atoms with E-state index in [9.17, 15) is 14.4 Å². The van der Waals surface area contributed by atoms with Gasteiger partial charge in [0.25, 0.3) is 0 Å². The van der Waals surface area contributed by atoms with Crippen molar-refractivity contribution in [2.45, 2.75) is 71.0 Å². The summed E-state index contributed by atoms with van der Waals surface area (Å²) >= 11 is 6.41. The van der Waals surface area contributed by atoms with Crippen LogP contribution in [0.25, 0.3) is 0 Å². The maximum Gasteiger partial charge on any atom is 0.413 e. The normalized spacial score (nSPS) is 19.9. The van der Waals surface area contributed by atoms with Crippen LogP contribution in [-0.2, 0) is 24.6 Å². The van der Waals surface area contributed by atoms with Gasteiger partial charge >= 0.3 is 12.1 Å². The van der Waals surface area contributed by atoms with E-state index in [0.717, 1.165) is 12.8 Å². The van der Waals surface area contributed by atoms with E-state index in [2.05, 4.69) is 5.32 Å². The summed E-state index contributed by atoms with van der Waals surface area (Å²) < 4.78 is 10.4. The van der Waals surface area contributed by atoms with Crippen LogP contribution in [0.1, 0.15) is 58.9 Å². The summed E-state index contributed by atoms with van der Waals surface area (Å²) in [5.41, 5.74) is -0.615. The summed E-state index contributed by atoms with van der Waals surface area (Å²) in [6, 6.07) is 6.63. The van der Waals surface area contributed by atoms with E-state index < -0.39 is 30.4 Å². The lowest BCUT2D eigenvalue weighted by atomic mass is 9.74. The summed E-state index contributed by atoms with van der Waals surface area (Å²) in [5.74, 6) is -0.561. The van der Waals surface area contributed by atoms with E-state index in [4.69, 9.17) is 21.1 Å². The predicted molar refractivity (Wildman–Crippen MR) is 119 cm³/mol. The molecule has 7 nitrogen and oxygen atoms in total. The van der Waals surface area contributed by atoms with Gasteiger partial charge in [0, 0.05) is 30.1 Å². The maximum atomic E-state index is 13.1. The second-order valence-electron chi connectivity index (χ2n) is 8.56. The highest BCUT2D eigenvalue weighted by Crippen LogP contribution is 2.42. The van der Waals surface area contributed by atoms with Crippen molar-refractivity contribution >= 4 is 29.4 Å². The molecule has 2 rings (SSSR count). The van der Waals surface area contributed by atoms with E-state index >= 15 is 0 Å². The fourth-order valence-corrected chi connectivity index (χ4v) is 4.29. The molecule has 0 saturated heterocycles. The number of ether oxygens (including phenoxy) is 2. The molecule has 0 unspecified atom stereocenters. The van der Waals surface area contributed by atoms with Gasteiger partial charge in [0.1, 0.15) is 11.6 Å². The van der Waals surface area contributed by atoms with Gasteiger partial charge in [0.05, 0.1) is 0 Å². The molecule has 1 aliphatic carbocycles. The van der Waals surface area contributed by atoms with E-state index in [-0.39, 0.29) is 17.7 Å². The Hall–Kier alpha value is -2.12. The van der Waals surface area contributed by atoms with Crippen LogP contribution >= 0.6 is 11.6 Å². The molecule has 1 saturated carbocycles. The Morgan fingerprint density at radius 3 is 2.42 bits per heavy atom. The highest BCUT2D eigenvalue weighted by molar-refractivity contribution is 6.31. The second kappa shape index (κ2) is 11.0. The molecule has 2 atom stereocenters. The summed E-state index contributed by atoms with van der Waals surface area (Å²) in [4.78, 5) is 39.6. The van der Waals surface area contributed by atoms with Gasteiger partial charge in [-0.15, -0.1) is 0 Å². The third kappa shape index (κ3) is 5.77. The number of nitrogens with one attached hydrogen (secondary N) is 1. The first-order chi connectivity index (χ1) is 14.6. The molecule has 1 aliphatic rings. The van der Waals surface area contributed by atoms with Crippen molar-refractivity contribution < 1.29 is 23.9 Å². The number of nitrogens with zero attached hydrogens (tertiary/aromatic N) is 1. The van der Waals surface area contributed by atoms with Crippen molar-refractivity contribution in [1.29, 1.82) is 0 Å². The Balaban J connectivity index is 2.12. The van der Waals surface area contributed by atoms with Gasteiger partial charge in [-0.05, 0) is 31.2 Å². The lowest BCUT2D eigenvalue weighted by molar-refractivity contribution is -0.157. The number of hydrogen-bond acceptors (Lipinski definition) is 6. The number of hydrogen-bond donors (Lipinski definition) is 1. The zero-order valence-electron chi connectivity index (χ0n) is 18.9. The Labute approximate surface area is 189 Å². The third-order valence-corrected chi connectivity index (χ3v) is 5.97. The third-order valence-electron chi connectivity index (χ3n) is 5.64. The number of carbonyl (C=O) groups is 3. The van der Waals surface area contributed by atoms with Gasteiger partial charge in [-0.25, -0.2) is 4.79 Å². The van der Waals surface area contributed by atoms with Gasteiger partial charge < -0.3 is 14.8 Å². The standard InChI is InChI=1S/C23H33ClN2O5/c1-15(2)20(25-16(3)4)21(28)30-14-31-22(29)26(5)23(13-9-8-12-19(23)27)17-10-6-7-11-18(17)24/h6-7,10-11,15-16,20,25H,8-9,12-14H2,1-5H3/t20-,23-/m0/s1. The largest absolute Gasteiger partial charge is 0.427 e. The SMILES string of the molecule is CC(C)N[C@H](C(=O)OCOC(=O)N(C)[C@]1(c2ccccc2Cl)CCCCC1=O)C(C)C. The van der Waals surface area contributed by atoms with Gasteiger partial charge in [-0.3, -0.25) is 14.5 Å². The number of Topliss-reactive ketones (excluding diaryl/α,β-unsaturated/α-hetero) is 1. The van der Waals surface area contributed by atoms with Gasteiger partial charge in [-0.1, -0.05) is 57.5 Å². The highest BCUT2D eigenvalue weighted by atomic mass is 35.5. The van der Waals surface area contributed by atoms with Crippen molar-refractivity contribution in [3.63, 3.8) is 0 Å². The molecule has 0 heterocycles. The molecular formula is C23H33ClN2O5. The second-order valence-corrected chi connectivity index (χ2v) is 8.97. The summed E-state index contributed by atoms with van der Waals surface area (Å²) in [5, 5.41) is 3.57. The van der Waals surface area contributed by atoms with Crippen LogP contribution in [0, 0.1) is 5.92 Å². The van der Waals surface area contributed by atoms with Crippen LogP contribution in [0.5, 0.6) is 0 Å². The Bertz CT molecular complexity index is 798. The predicted octanol–water partition coefficient (Wildman–Crippen LogP) is 4.27. The summed E-state index contributed by atoms with van der Waals surface area (Å²) in [6.45, 7) is 7.16. The number of rotatable bonds is 8. The maximum absolute atomic E-state index is 13.1. The smallest absolute Gasteiger partial charge is 0.413 e. The Morgan fingerprint density at radius 1 is 1.16 bits per heavy atom. The number of esters is 1. The number of carbonyl (C=O) groups excluding carboxylic acids is 3. The molecule has 172 valence electrons. The first-order valence-electron chi connectivity index (χ1n) is 10.7. The minimum atomic E-state index is -1.20. The van der Waals surface area contributed by atoms with E-state index in [1.165, 1.54) is 11.9 Å². The van der Waals surface area contributed by atoms with E-state index in [1.54, 1.807) is 24.3 Å². The highest BCUT2D eigenvalue weighted by Gasteiger charge is 2.48. The fraction of sp³-hybridized carbons (Fsp3) is 0.609. The van der Waals surface area contributed by atoms with Crippen LogP contribution in [0.3, 0.4) is 0 Å². The van der Waals surface area contributed by atoms with Gasteiger partial charge in [0.15, 0.2) is 5.78 Å². The summed E-state index contributed by atoms with van der Waals surface area (Å²) in [6.07, 6.45) is 1.61. The molecule has 0 spiro atoms. The molecule has 1 amide bonds. The molecule has 31 heavy (non-hydrogen) atoms. The molecule has 1 fully saturated rings. The number of benzene rings is 1. The van der Waals surface area contributed by atoms with Crippen LogP contribution in [0.2, 0.25) is 5.02 Å². The van der Waals surface area contributed by atoms with Crippen molar-refractivity contribution in [3.05, 3.63) is 34.9 Å². The lowest BCUT2D eigenvalue weighted by Gasteiger charge is -2.43. The number of amides is 1. The minimum Gasteiger partial charge on any atom is -0.427 e. The topological polar surface area (TPSA) is 84.9 Å². The average molecular weight is 453 g/mol. The van der Waals surface area contributed by atoms with E-state index in [1.807, 2.05) is 27.7 Å². The monoisotopic (exact) mass is 452 g/mol. The number of likely N-dealkylation sites (N-methyl/N-ethyl adjacent to an activating group) is 1. The number of halogens is 1. The molecule has 1 aromatic carbocycles. The van der Waals surface area contributed by atoms with Crippen molar-refractivity contribution in [1.82, 2.24) is 10.2 Å². The zero-order chi connectivity index (χ0) is 23.2. The van der Waals surface area contributed by atoms with Crippen LogP contribution in [0.15, 0.2) is 24.3 Å². The molecule has 1 aromatic rings. The van der Waals surface area contributed by atoms with Crippen LogP contribution in [0.4, 0.5) is 4.79 Å². The van der Waals surface area contributed by atoms with Crippen molar-refractivity contribution in [2.75, 3.05) is 13.8 Å². The molecule has 0 aliphatic heterocycles. The number of ketones is 1. The van der Waals surface area contributed by atoms with Crippen LogP contribution in [-0.4, -0.2) is 48.7 Å². The fourth-order valence-electron chi connectivity index (χ4n) is 4.00. The Kier molecular flexibility index (Phi) is 8.89. The zero-order valence-corrected chi connectivity index (χ0v) is 19.7. The average Bonchev–Trinajstić information content (AvgIpc) is 2.72. The Morgan fingerprint density at radius 2 is 1.84 bits per heavy atom. The molecule has 0 bridgehead atoms. The van der Waals surface area contributed by atoms with Crippen LogP contribution < -0.4 is 5.32 Å². The first kappa shape index (κ1) is 25.1. The molecule has 0 aromatic heterocycles. The lowest BCUT2D eigenvalue weighted by Crippen LogP contribution is -2.54. The molecule has 8 heteroatoms. The molecule has 0 radical (unpaired) electrons. The molecule has 1 N–H and O–H groups in total. The van der Waals surface area contributed by atoms with Gasteiger partial charge in [-0.2, -0.15) is 0 Å². The van der Waals surface area contributed by atoms with E-state index in [0.29, 0.717) is 23.4 Å². The minimum absolute atomic E-state index is 0.0108. The summed E-state index contributed by atoms with van der Waals surface area (Å²) in [7, 11) is 1.52. The molecular weight excluding hydrogens is 420 g/mol. The quantitative estimate of drug-likeness (QED) is 0.468. The van der Waals surface area contributed by atoms with Gasteiger partial charge in [0.2, 0.25) is 6.79 Å².